The second-order valence-corrected chi connectivity index (χ2v) is 4.72. The number of nitrogens with one attached hydrogen (secondary N) is 1. The Balaban J connectivity index is 2.04. The molecule has 0 bridgehead atoms. The van der Waals surface area contributed by atoms with Crippen molar-refractivity contribution >= 4 is 17.5 Å². The fourth-order valence-corrected chi connectivity index (χ4v) is 1.91. The molecule has 0 atom stereocenters. The lowest BCUT2D eigenvalue weighted by Crippen LogP contribution is -2.22. The largest absolute Gasteiger partial charge is 0.361 e. The molecule has 2 rings (SSSR count). The molecular weight excluding hydrogens is 290 g/mol. The summed E-state index contributed by atoms with van der Waals surface area (Å²) in [6.45, 7) is 2.34. The van der Waals surface area contributed by atoms with Crippen molar-refractivity contribution in [1.82, 2.24) is 10.5 Å². The number of carbonyl (C=O) groups excluding carboxylic acids is 1. The van der Waals surface area contributed by atoms with Crippen LogP contribution < -0.4 is 11.1 Å². The molecular formula is C15H14ClN3O2. The summed E-state index contributed by atoms with van der Waals surface area (Å²) >= 11 is 6.08. The van der Waals surface area contributed by atoms with Gasteiger partial charge in [0, 0.05) is 17.2 Å². The van der Waals surface area contributed by atoms with Crippen LogP contribution in [0.1, 0.15) is 27.4 Å². The molecule has 0 radical (unpaired) electrons. The first-order chi connectivity index (χ1) is 10.1. The SMILES string of the molecule is Cc1cc(CNC(=O)c2ccc(C#CCN)c(Cl)c2)no1. The first kappa shape index (κ1) is 15.1. The van der Waals surface area contributed by atoms with Crippen molar-refractivity contribution in [3.8, 4) is 11.8 Å². The molecule has 1 aromatic carbocycles. The Labute approximate surface area is 127 Å². The van der Waals surface area contributed by atoms with Crippen molar-refractivity contribution in [2.75, 3.05) is 6.54 Å². The van der Waals surface area contributed by atoms with Crippen molar-refractivity contribution in [3.05, 3.63) is 51.9 Å². The molecule has 0 spiro atoms. The second-order valence-electron chi connectivity index (χ2n) is 4.31. The third-order valence-corrected chi connectivity index (χ3v) is 2.98. The van der Waals surface area contributed by atoms with Crippen LogP contribution in [0.25, 0.3) is 0 Å². The summed E-state index contributed by atoms with van der Waals surface area (Å²) in [5.74, 6) is 6.01. The normalized spacial score (nSPS) is 9.86. The van der Waals surface area contributed by atoms with Gasteiger partial charge in [-0.1, -0.05) is 28.6 Å². The number of nitrogens with two attached hydrogens (primary N) is 1. The van der Waals surface area contributed by atoms with E-state index in [-0.39, 0.29) is 12.5 Å². The van der Waals surface area contributed by atoms with Crippen LogP contribution in [-0.4, -0.2) is 17.6 Å². The van der Waals surface area contributed by atoms with Gasteiger partial charge in [-0.3, -0.25) is 4.79 Å². The van der Waals surface area contributed by atoms with Crippen molar-refractivity contribution < 1.29 is 9.32 Å². The molecule has 1 amide bonds. The molecule has 0 unspecified atom stereocenters. The first-order valence-corrected chi connectivity index (χ1v) is 6.67. The molecule has 2 aromatic rings. The van der Waals surface area contributed by atoms with Crippen LogP contribution in [0.4, 0.5) is 0 Å². The second kappa shape index (κ2) is 6.93. The van der Waals surface area contributed by atoms with E-state index >= 15 is 0 Å². The minimum atomic E-state index is -0.240. The third-order valence-electron chi connectivity index (χ3n) is 2.66. The number of hydrogen-bond acceptors (Lipinski definition) is 4. The van der Waals surface area contributed by atoms with Crippen molar-refractivity contribution in [2.45, 2.75) is 13.5 Å². The Morgan fingerprint density at radius 3 is 2.90 bits per heavy atom. The van der Waals surface area contributed by atoms with Gasteiger partial charge in [-0.15, -0.1) is 0 Å². The van der Waals surface area contributed by atoms with E-state index < -0.39 is 0 Å². The Morgan fingerprint density at radius 2 is 2.29 bits per heavy atom. The average molecular weight is 304 g/mol. The highest BCUT2D eigenvalue weighted by Crippen LogP contribution is 2.17. The number of nitrogens with zero attached hydrogens (tertiary/aromatic N) is 1. The molecule has 0 aliphatic carbocycles. The predicted molar refractivity (Wildman–Crippen MR) is 79.8 cm³/mol. The maximum Gasteiger partial charge on any atom is 0.251 e. The number of halogens is 1. The third kappa shape index (κ3) is 4.09. The molecule has 6 heteroatoms. The summed E-state index contributed by atoms with van der Waals surface area (Å²) in [6, 6.07) is 6.69. The molecule has 3 N–H and O–H groups in total. The smallest absolute Gasteiger partial charge is 0.251 e. The summed E-state index contributed by atoms with van der Waals surface area (Å²) in [6.07, 6.45) is 0. The monoisotopic (exact) mass is 303 g/mol. The minimum absolute atomic E-state index is 0.240. The highest BCUT2D eigenvalue weighted by atomic mass is 35.5. The minimum Gasteiger partial charge on any atom is -0.361 e. The van der Waals surface area contributed by atoms with E-state index in [2.05, 4.69) is 22.3 Å². The number of amides is 1. The van der Waals surface area contributed by atoms with Gasteiger partial charge >= 0.3 is 0 Å². The Morgan fingerprint density at radius 1 is 1.48 bits per heavy atom. The average Bonchev–Trinajstić information content (AvgIpc) is 2.89. The van der Waals surface area contributed by atoms with Gasteiger partial charge in [0.2, 0.25) is 0 Å². The number of benzene rings is 1. The van der Waals surface area contributed by atoms with Gasteiger partial charge in [0.05, 0.1) is 18.1 Å². The van der Waals surface area contributed by atoms with Gasteiger partial charge in [-0.2, -0.15) is 0 Å². The summed E-state index contributed by atoms with van der Waals surface area (Å²) < 4.78 is 4.93. The van der Waals surface area contributed by atoms with Crippen LogP contribution >= 0.6 is 11.6 Å². The predicted octanol–water partition coefficient (Wildman–Crippen LogP) is 1.88. The zero-order valence-corrected chi connectivity index (χ0v) is 12.2. The summed E-state index contributed by atoms with van der Waals surface area (Å²) in [5, 5.41) is 6.96. The maximum absolute atomic E-state index is 12.0. The van der Waals surface area contributed by atoms with Crippen molar-refractivity contribution in [2.24, 2.45) is 5.73 Å². The van der Waals surface area contributed by atoms with Crippen molar-refractivity contribution in [3.63, 3.8) is 0 Å². The number of hydrogen-bond donors (Lipinski definition) is 2. The fraction of sp³-hybridized carbons (Fsp3) is 0.200. The van der Waals surface area contributed by atoms with Crippen molar-refractivity contribution in [1.29, 1.82) is 0 Å². The van der Waals surface area contributed by atoms with E-state index in [0.29, 0.717) is 34.1 Å². The van der Waals surface area contributed by atoms with E-state index in [1.54, 1.807) is 31.2 Å². The van der Waals surface area contributed by atoms with Crippen LogP contribution in [0, 0.1) is 18.8 Å². The highest BCUT2D eigenvalue weighted by Gasteiger charge is 2.09. The van der Waals surface area contributed by atoms with Crippen LogP contribution in [0.15, 0.2) is 28.8 Å². The van der Waals surface area contributed by atoms with Gasteiger partial charge in [0.1, 0.15) is 11.5 Å². The lowest BCUT2D eigenvalue weighted by atomic mass is 10.1. The quantitative estimate of drug-likeness (QED) is 0.848. The van der Waals surface area contributed by atoms with E-state index in [4.69, 9.17) is 21.9 Å². The standard InChI is InChI=1S/C15H14ClN3O2/c1-10-7-13(19-21-10)9-18-15(20)12-5-4-11(3-2-6-17)14(16)8-12/h4-5,7-8H,6,9,17H2,1H3,(H,18,20). The van der Waals surface area contributed by atoms with Crippen LogP contribution in [0.3, 0.4) is 0 Å². The Bertz CT molecular complexity index is 713. The molecule has 0 saturated carbocycles. The van der Waals surface area contributed by atoms with E-state index in [9.17, 15) is 4.79 Å². The Hall–Kier alpha value is -2.29. The number of carbonyl (C=O) groups is 1. The molecule has 1 aromatic heterocycles. The first-order valence-electron chi connectivity index (χ1n) is 6.29. The van der Waals surface area contributed by atoms with E-state index in [0.717, 1.165) is 0 Å². The molecule has 0 aliphatic heterocycles. The summed E-state index contributed by atoms with van der Waals surface area (Å²) in [5.41, 5.74) is 7.07. The molecule has 21 heavy (non-hydrogen) atoms. The van der Waals surface area contributed by atoms with Crippen LogP contribution in [0.5, 0.6) is 0 Å². The van der Waals surface area contributed by atoms with Gasteiger partial charge in [0.15, 0.2) is 0 Å². The lowest BCUT2D eigenvalue weighted by Gasteiger charge is -2.04. The van der Waals surface area contributed by atoms with Gasteiger partial charge in [0.25, 0.3) is 5.91 Å². The van der Waals surface area contributed by atoms with Gasteiger partial charge < -0.3 is 15.6 Å². The maximum atomic E-state index is 12.0. The topological polar surface area (TPSA) is 81.2 Å². The van der Waals surface area contributed by atoms with E-state index in [1.807, 2.05) is 0 Å². The molecule has 1 heterocycles. The molecule has 0 aliphatic rings. The van der Waals surface area contributed by atoms with Crippen LogP contribution in [-0.2, 0) is 6.54 Å². The van der Waals surface area contributed by atoms with Gasteiger partial charge in [-0.05, 0) is 25.1 Å². The summed E-state index contributed by atoms with van der Waals surface area (Å²) in [7, 11) is 0. The fourth-order valence-electron chi connectivity index (χ4n) is 1.68. The molecule has 0 fully saturated rings. The zero-order valence-electron chi connectivity index (χ0n) is 11.4. The molecule has 5 nitrogen and oxygen atoms in total. The van der Waals surface area contributed by atoms with E-state index in [1.165, 1.54) is 0 Å². The highest BCUT2D eigenvalue weighted by molar-refractivity contribution is 6.32. The molecule has 0 saturated heterocycles. The van der Waals surface area contributed by atoms with Crippen LogP contribution in [0.2, 0.25) is 5.02 Å². The summed E-state index contributed by atoms with van der Waals surface area (Å²) in [4.78, 5) is 12.0. The zero-order chi connectivity index (χ0) is 15.2. The molecule has 108 valence electrons. The Kier molecular flexibility index (Phi) is 4.99. The lowest BCUT2D eigenvalue weighted by molar-refractivity contribution is 0.0950. The number of aromatic nitrogens is 1. The van der Waals surface area contributed by atoms with Gasteiger partial charge in [-0.25, -0.2) is 0 Å². The number of rotatable bonds is 3. The number of aryl methyl sites for hydroxylation is 1.